The number of amides is 1. The van der Waals surface area contributed by atoms with Gasteiger partial charge in [0.1, 0.15) is 0 Å². The van der Waals surface area contributed by atoms with E-state index in [4.69, 9.17) is 4.74 Å². The summed E-state index contributed by atoms with van der Waals surface area (Å²) in [6, 6.07) is 9.33. The lowest BCUT2D eigenvalue weighted by atomic mass is 9.45. The number of hydrogen-bond acceptors (Lipinski definition) is 3. The van der Waals surface area contributed by atoms with Crippen molar-refractivity contribution < 1.29 is 14.6 Å². The number of aliphatic hydroxyl groups is 1. The van der Waals surface area contributed by atoms with E-state index in [0.717, 1.165) is 24.9 Å². The molecule has 4 heteroatoms. The molecule has 2 saturated carbocycles. The second kappa shape index (κ2) is 7.46. The van der Waals surface area contributed by atoms with E-state index in [2.05, 4.69) is 26.1 Å². The van der Waals surface area contributed by atoms with E-state index in [1.165, 1.54) is 12.8 Å². The van der Waals surface area contributed by atoms with Crippen LogP contribution in [0.25, 0.3) is 0 Å². The molecule has 3 rings (SSSR count). The van der Waals surface area contributed by atoms with E-state index in [1.807, 2.05) is 37.3 Å². The van der Waals surface area contributed by atoms with Crippen molar-refractivity contribution in [3.05, 3.63) is 30.3 Å². The molecule has 0 bridgehead atoms. The maximum Gasteiger partial charge on any atom is 0.411 e. The third-order valence-electron chi connectivity index (χ3n) is 7.42. The van der Waals surface area contributed by atoms with Gasteiger partial charge in [-0.3, -0.25) is 5.32 Å². The summed E-state index contributed by atoms with van der Waals surface area (Å²) in [7, 11) is 0. The first-order valence-electron chi connectivity index (χ1n) is 10.4. The molecule has 1 amide bonds. The van der Waals surface area contributed by atoms with Crippen LogP contribution in [-0.4, -0.2) is 23.4 Å². The Hall–Kier alpha value is -1.55. The van der Waals surface area contributed by atoms with Crippen molar-refractivity contribution in [2.45, 2.75) is 71.8 Å². The fraction of sp³-hybridized carbons (Fsp3) is 0.696. The van der Waals surface area contributed by atoms with Crippen LogP contribution in [0.2, 0.25) is 0 Å². The summed E-state index contributed by atoms with van der Waals surface area (Å²) in [5, 5.41) is 13.9. The average Bonchev–Trinajstić information content (AvgIpc) is 2.57. The molecular weight excluding hydrogens is 338 g/mol. The van der Waals surface area contributed by atoms with Gasteiger partial charge in [0.05, 0.1) is 12.2 Å². The first kappa shape index (κ1) is 20.2. The summed E-state index contributed by atoms with van der Waals surface area (Å²) < 4.78 is 5.46. The predicted molar refractivity (Wildman–Crippen MR) is 109 cm³/mol. The number of nitrogens with one attached hydrogen (secondary N) is 1. The molecule has 0 aliphatic heterocycles. The summed E-state index contributed by atoms with van der Waals surface area (Å²) in [5.41, 5.74) is 0.446. The van der Waals surface area contributed by atoms with Crippen LogP contribution in [0.3, 0.4) is 0 Å². The summed E-state index contributed by atoms with van der Waals surface area (Å²) >= 11 is 0. The van der Waals surface area contributed by atoms with Crippen LogP contribution in [0.4, 0.5) is 10.5 Å². The number of para-hydroxylation sites is 1. The van der Waals surface area contributed by atoms with Gasteiger partial charge in [-0.2, -0.15) is 0 Å². The lowest BCUT2D eigenvalue weighted by Gasteiger charge is -2.61. The van der Waals surface area contributed by atoms with Crippen molar-refractivity contribution >= 4 is 11.8 Å². The molecule has 4 atom stereocenters. The van der Waals surface area contributed by atoms with Crippen LogP contribution in [0.1, 0.15) is 66.2 Å². The minimum absolute atomic E-state index is 0.1000. The van der Waals surface area contributed by atoms with Crippen LogP contribution in [-0.2, 0) is 4.74 Å². The van der Waals surface area contributed by atoms with Crippen LogP contribution in [0, 0.1) is 22.7 Å². The van der Waals surface area contributed by atoms with Crippen LogP contribution < -0.4 is 5.32 Å². The van der Waals surface area contributed by atoms with Crippen molar-refractivity contribution in [2.24, 2.45) is 22.7 Å². The normalized spacial score (nSPS) is 35.1. The molecule has 0 aromatic heterocycles. The minimum Gasteiger partial charge on any atom is -0.449 e. The summed E-state index contributed by atoms with van der Waals surface area (Å²) in [5.74, 6) is 0.759. The van der Waals surface area contributed by atoms with Gasteiger partial charge in [0.2, 0.25) is 0 Å². The van der Waals surface area contributed by atoms with Crippen LogP contribution in [0.15, 0.2) is 30.3 Å². The second-order valence-corrected chi connectivity index (χ2v) is 9.76. The Kier molecular flexibility index (Phi) is 5.58. The molecule has 150 valence electrons. The lowest BCUT2D eigenvalue weighted by molar-refractivity contribution is -0.171. The van der Waals surface area contributed by atoms with Crippen molar-refractivity contribution in [2.75, 3.05) is 11.9 Å². The highest BCUT2D eigenvalue weighted by Crippen LogP contribution is 2.62. The molecule has 0 saturated heterocycles. The minimum atomic E-state index is -0.696. The van der Waals surface area contributed by atoms with Gasteiger partial charge in [0, 0.05) is 5.69 Å². The van der Waals surface area contributed by atoms with E-state index < -0.39 is 11.7 Å². The Bertz CT molecular complexity index is 655. The van der Waals surface area contributed by atoms with Gasteiger partial charge >= 0.3 is 6.09 Å². The zero-order valence-electron chi connectivity index (χ0n) is 17.3. The first-order valence-corrected chi connectivity index (χ1v) is 10.4. The van der Waals surface area contributed by atoms with Crippen LogP contribution in [0.5, 0.6) is 0 Å². The molecular formula is C23H35NO3. The van der Waals surface area contributed by atoms with E-state index in [1.54, 1.807) is 0 Å². The van der Waals surface area contributed by atoms with Gasteiger partial charge in [-0.25, -0.2) is 4.79 Å². The largest absolute Gasteiger partial charge is 0.449 e. The first-order chi connectivity index (χ1) is 12.7. The van der Waals surface area contributed by atoms with Crippen LogP contribution >= 0.6 is 0 Å². The molecule has 0 spiro atoms. The van der Waals surface area contributed by atoms with Gasteiger partial charge in [0.25, 0.3) is 0 Å². The number of anilines is 1. The van der Waals surface area contributed by atoms with Gasteiger partial charge in [-0.1, -0.05) is 45.4 Å². The zero-order chi connectivity index (χ0) is 19.7. The third kappa shape index (κ3) is 4.16. The van der Waals surface area contributed by atoms with Gasteiger partial charge in [-0.05, 0) is 73.8 Å². The maximum absolute atomic E-state index is 12.1. The number of rotatable bonds is 4. The fourth-order valence-corrected chi connectivity index (χ4v) is 6.21. The van der Waals surface area contributed by atoms with Gasteiger partial charge in [0.15, 0.2) is 0 Å². The molecule has 0 unspecified atom stereocenters. The highest BCUT2D eigenvalue weighted by molar-refractivity contribution is 5.84. The van der Waals surface area contributed by atoms with Crippen molar-refractivity contribution in [1.82, 2.24) is 0 Å². The van der Waals surface area contributed by atoms with Crippen molar-refractivity contribution in [3.63, 3.8) is 0 Å². The lowest BCUT2D eigenvalue weighted by Crippen LogP contribution is -2.57. The maximum atomic E-state index is 12.1. The fourth-order valence-electron chi connectivity index (χ4n) is 6.21. The van der Waals surface area contributed by atoms with E-state index in [0.29, 0.717) is 24.4 Å². The summed E-state index contributed by atoms with van der Waals surface area (Å²) in [4.78, 5) is 12.1. The number of benzene rings is 1. The Balaban J connectivity index is 1.64. The number of carbonyl (C=O) groups excluding carboxylic acids is 1. The highest BCUT2D eigenvalue weighted by atomic mass is 16.5. The standard InChI is InChI=1S/C23H35NO3/c1-21(2)13-8-14-22(3)18(21)11-15-23(4,26)19(22)12-16-27-20(25)24-17-9-6-5-7-10-17/h5-7,9-10,18-19,26H,8,11-16H2,1-4H3,(H,24,25)/t18-,19+,22+,23+/m1/s1. The molecule has 0 radical (unpaired) electrons. The third-order valence-corrected chi connectivity index (χ3v) is 7.42. The monoisotopic (exact) mass is 373 g/mol. The second-order valence-electron chi connectivity index (χ2n) is 9.76. The molecule has 1 aromatic rings. The van der Waals surface area contributed by atoms with Gasteiger partial charge < -0.3 is 9.84 Å². The van der Waals surface area contributed by atoms with E-state index in [9.17, 15) is 9.90 Å². The summed E-state index contributed by atoms with van der Waals surface area (Å²) in [6.07, 6.45) is 5.82. The SMILES string of the molecule is CC1(C)CCC[C@@]2(C)[C@@H]1CC[C@](C)(O)[C@H]2CCOC(=O)Nc1ccccc1. The van der Waals surface area contributed by atoms with E-state index >= 15 is 0 Å². The Labute approximate surface area is 163 Å². The van der Waals surface area contributed by atoms with E-state index in [-0.39, 0.29) is 11.3 Å². The topological polar surface area (TPSA) is 58.6 Å². The molecule has 2 aliphatic carbocycles. The number of hydrogen-bond donors (Lipinski definition) is 2. The average molecular weight is 374 g/mol. The Morgan fingerprint density at radius 2 is 1.85 bits per heavy atom. The molecule has 2 N–H and O–H groups in total. The zero-order valence-corrected chi connectivity index (χ0v) is 17.3. The molecule has 4 nitrogen and oxygen atoms in total. The summed E-state index contributed by atoms with van der Waals surface area (Å²) in [6.45, 7) is 9.44. The quantitative estimate of drug-likeness (QED) is 0.720. The number of carbonyl (C=O) groups is 1. The highest BCUT2D eigenvalue weighted by Gasteiger charge is 2.57. The Morgan fingerprint density at radius 3 is 2.56 bits per heavy atom. The smallest absolute Gasteiger partial charge is 0.411 e. The van der Waals surface area contributed by atoms with Gasteiger partial charge in [-0.15, -0.1) is 0 Å². The molecule has 0 heterocycles. The molecule has 2 aliphatic rings. The molecule has 2 fully saturated rings. The Morgan fingerprint density at radius 1 is 1.15 bits per heavy atom. The number of ether oxygens (including phenoxy) is 1. The molecule has 27 heavy (non-hydrogen) atoms. The van der Waals surface area contributed by atoms with Crippen molar-refractivity contribution in [1.29, 1.82) is 0 Å². The predicted octanol–water partition coefficient (Wildman–Crippen LogP) is 5.62. The number of fused-ring (bicyclic) bond motifs is 1. The van der Waals surface area contributed by atoms with Crippen molar-refractivity contribution in [3.8, 4) is 0 Å². The molecule has 1 aromatic carbocycles.